The largest absolute Gasteiger partial charge is 0.495 e. The van der Waals surface area contributed by atoms with Crippen LogP contribution < -0.4 is 10.1 Å². The normalized spacial score (nSPS) is 18.8. The Morgan fingerprint density at radius 1 is 1.24 bits per heavy atom. The molecule has 2 unspecified atom stereocenters. The first kappa shape index (κ1) is 21.3. The van der Waals surface area contributed by atoms with Crippen LogP contribution in [0.5, 0.6) is 5.75 Å². The maximum absolute atomic E-state index is 13.7. The summed E-state index contributed by atoms with van der Waals surface area (Å²) in [6.07, 6.45) is 1.15. The van der Waals surface area contributed by atoms with Crippen molar-refractivity contribution in [1.82, 2.24) is 9.62 Å². The van der Waals surface area contributed by atoms with Crippen LogP contribution in [0.3, 0.4) is 0 Å². The second kappa shape index (κ2) is 8.92. The summed E-state index contributed by atoms with van der Waals surface area (Å²) in [4.78, 5) is 12.5. The molecule has 1 amide bonds. The number of ether oxygens (including phenoxy) is 1. The number of hydrogen-bond acceptors (Lipinski definition) is 4. The number of nitrogens with zero attached hydrogens (tertiary/aromatic N) is 1. The third-order valence-electron chi connectivity index (χ3n) is 5.16. The van der Waals surface area contributed by atoms with E-state index in [9.17, 15) is 17.6 Å². The van der Waals surface area contributed by atoms with Crippen LogP contribution >= 0.6 is 0 Å². The quantitative estimate of drug-likeness (QED) is 0.779. The van der Waals surface area contributed by atoms with Gasteiger partial charge < -0.3 is 10.1 Å². The molecule has 0 bridgehead atoms. The molecule has 8 heteroatoms. The van der Waals surface area contributed by atoms with Crippen LogP contribution in [0.15, 0.2) is 53.4 Å². The SMILES string of the molecule is COc1ccc(F)cc1S(=O)(=O)N1CCCC(C(=O)NC(C)c2ccccc2)C1. The Bertz CT molecular complexity index is 966. The van der Waals surface area contributed by atoms with E-state index in [0.29, 0.717) is 12.8 Å². The number of halogens is 1. The molecule has 0 radical (unpaired) electrons. The summed E-state index contributed by atoms with van der Waals surface area (Å²) in [6.45, 7) is 2.22. The minimum atomic E-state index is -3.99. The van der Waals surface area contributed by atoms with E-state index in [2.05, 4.69) is 5.32 Å². The van der Waals surface area contributed by atoms with E-state index >= 15 is 0 Å². The van der Waals surface area contributed by atoms with Gasteiger partial charge in [0.05, 0.1) is 19.1 Å². The summed E-state index contributed by atoms with van der Waals surface area (Å²) < 4.78 is 46.2. The fourth-order valence-electron chi connectivity index (χ4n) is 3.52. The Labute approximate surface area is 170 Å². The van der Waals surface area contributed by atoms with E-state index in [-0.39, 0.29) is 35.7 Å². The molecule has 1 aliphatic heterocycles. The molecule has 156 valence electrons. The van der Waals surface area contributed by atoms with E-state index in [1.54, 1.807) is 0 Å². The van der Waals surface area contributed by atoms with Gasteiger partial charge in [-0.3, -0.25) is 4.79 Å². The highest BCUT2D eigenvalue weighted by Gasteiger charge is 2.35. The van der Waals surface area contributed by atoms with Crippen LogP contribution in [0.4, 0.5) is 4.39 Å². The molecule has 1 fully saturated rings. The summed E-state index contributed by atoms with van der Waals surface area (Å²) in [6, 6.07) is 12.8. The molecule has 2 atom stereocenters. The van der Waals surface area contributed by atoms with Gasteiger partial charge in [-0.1, -0.05) is 30.3 Å². The fourth-order valence-corrected chi connectivity index (χ4v) is 5.21. The van der Waals surface area contributed by atoms with Crippen molar-refractivity contribution in [2.24, 2.45) is 5.92 Å². The lowest BCUT2D eigenvalue weighted by Gasteiger charge is -2.32. The Morgan fingerprint density at radius 2 is 1.97 bits per heavy atom. The van der Waals surface area contributed by atoms with Crippen LogP contribution in [0, 0.1) is 11.7 Å². The maximum Gasteiger partial charge on any atom is 0.246 e. The smallest absolute Gasteiger partial charge is 0.246 e. The molecule has 2 aromatic carbocycles. The van der Waals surface area contributed by atoms with E-state index in [0.717, 1.165) is 17.7 Å². The molecule has 1 N–H and O–H groups in total. The van der Waals surface area contributed by atoms with Crippen molar-refractivity contribution in [2.75, 3.05) is 20.2 Å². The number of sulfonamides is 1. The van der Waals surface area contributed by atoms with Crippen molar-refractivity contribution in [3.05, 3.63) is 59.9 Å². The molecule has 1 saturated heterocycles. The number of methoxy groups -OCH3 is 1. The average molecular weight is 421 g/mol. The highest BCUT2D eigenvalue weighted by molar-refractivity contribution is 7.89. The van der Waals surface area contributed by atoms with Crippen LogP contribution in [0.1, 0.15) is 31.4 Å². The number of benzene rings is 2. The van der Waals surface area contributed by atoms with Gasteiger partial charge in [0.2, 0.25) is 15.9 Å². The fraction of sp³-hybridized carbons (Fsp3) is 0.381. The van der Waals surface area contributed by atoms with Gasteiger partial charge in [0.15, 0.2) is 0 Å². The molecule has 0 saturated carbocycles. The van der Waals surface area contributed by atoms with Gasteiger partial charge >= 0.3 is 0 Å². The first-order valence-corrected chi connectivity index (χ1v) is 11.0. The summed E-state index contributed by atoms with van der Waals surface area (Å²) in [5.41, 5.74) is 0.977. The number of rotatable bonds is 6. The van der Waals surface area contributed by atoms with Crippen LogP contribution in [-0.2, 0) is 14.8 Å². The molecular weight excluding hydrogens is 395 g/mol. The zero-order valence-electron chi connectivity index (χ0n) is 16.5. The molecule has 6 nitrogen and oxygen atoms in total. The van der Waals surface area contributed by atoms with Crippen molar-refractivity contribution >= 4 is 15.9 Å². The lowest BCUT2D eigenvalue weighted by molar-refractivity contribution is -0.126. The van der Waals surface area contributed by atoms with Crippen LogP contribution in [-0.4, -0.2) is 38.8 Å². The summed E-state index contributed by atoms with van der Waals surface area (Å²) in [7, 11) is -2.65. The molecule has 1 heterocycles. The van der Waals surface area contributed by atoms with Crippen LogP contribution in [0.2, 0.25) is 0 Å². The van der Waals surface area contributed by atoms with Gasteiger partial charge in [0.1, 0.15) is 16.5 Å². The third-order valence-corrected chi connectivity index (χ3v) is 7.04. The molecule has 29 heavy (non-hydrogen) atoms. The predicted molar refractivity (Wildman–Crippen MR) is 107 cm³/mol. The van der Waals surface area contributed by atoms with Gasteiger partial charge in [-0.2, -0.15) is 4.31 Å². The Kier molecular flexibility index (Phi) is 6.54. The average Bonchev–Trinajstić information content (AvgIpc) is 2.74. The summed E-state index contributed by atoms with van der Waals surface area (Å²) in [5.74, 6) is -1.24. The Balaban J connectivity index is 1.75. The van der Waals surface area contributed by atoms with E-state index in [1.807, 2.05) is 37.3 Å². The second-order valence-corrected chi connectivity index (χ2v) is 9.04. The zero-order valence-corrected chi connectivity index (χ0v) is 17.3. The van der Waals surface area contributed by atoms with Crippen molar-refractivity contribution in [1.29, 1.82) is 0 Å². The molecule has 0 spiro atoms. The van der Waals surface area contributed by atoms with Crippen molar-refractivity contribution in [3.8, 4) is 5.75 Å². The van der Waals surface area contributed by atoms with Gasteiger partial charge in [-0.05, 0) is 43.5 Å². The lowest BCUT2D eigenvalue weighted by atomic mass is 9.98. The lowest BCUT2D eigenvalue weighted by Crippen LogP contribution is -2.45. The second-order valence-electron chi connectivity index (χ2n) is 7.14. The standard InChI is InChI=1S/C21H25FN2O4S/c1-15(16-7-4-3-5-8-16)23-21(25)17-9-6-12-24(14-17)29(26,27)20-13-18(22)10-11-19(20)28-2/h3-5,7-8,10-11,13,15,17H,6,9,12,14H2,1-2H3,(H,23,25). The predicted octanol–water partition coefficient (Wildman–Crippen LogP) is 3.11. The molecule has 0 aliphatic carbocycles. The molecule has 0 aromatic heterocycles. The molecular formula is C21H25FN2O4S. The number of amides is 1. The topological polar surface area (TPSA) is 75.7 Å². The molecule has 2 aromatic rings. The van der Waals surface area contributed by atoms with Gasteiger partial charge in [0.25, 0.3) is 0 Å². The Hall–Kier alpha value is -2.45. The summed E-state index contributed by atoms with van der Waals surface area (Å²) >= 11 is 0. The van der Waals surface area contributed by atoms with Gasteiger partial charge in [0, 0.05) is 13.1 Å². The summed E-state index contributed by atoms with van der Waals surface area (Å²) in [5, 5.41) is 2.96. The van der Waals surface area contributed by atoms with Crippen molar-refractivity contribution < 1.29 is 22.3 Å². The van der Waals surface area contributed by atoms with Crippen molar-refractivity contribution in [2.45, 2.75) is 30.7 Å². The highest BCUT2D eigenvalue weighted by atomic mass is 32.2. The van der Waals surface area contributed by atoms with Gasteiger partial charge in [-0.25, -0.2) is 12.8 Å². The highest BCUT2D eigenvalue weighted by Crippen LogP contribution is 2.30. The number of carbonyl (C=O) groups excluding carboxylic acids is 1. The minimum absolute atomic E-state index is 0.0509. The van der Waals surface area contributed by atoms with Gasteiger partial charge in [-0.15, -0.1) is 0 Å². The molecule has 1 aliphatic rings. The number of hydrogen-bond donors (Lipinski definition) is 1. The first-order chi connectivity index (χ1) is 13.8. The zero-order chi connectivity index (χ0) is 21.0. The minimum Gasteiger partial charge on any atom is -0.495 e. The monoisotopic (exact) mass is 420 g/mol. The maximum atomic E-state index is 13.7. The van der Waals surface area contributed by atoms with Crippen LogP contribution in [0.25, 0.3) is 0 Å². The number of carbonyl (C=O) groups is 1. The molecule has 3 rings (SSSR count). The first-order valence-electron chi connectivity index (χ1n) is 9.52. The van der Waals surface area contributed by atoms with E-state index in [4.69, 9.17) is 4.74 Å². The van der Waals surface area contributed by atoms with E-state index in [1.165, 1.54) is 17.5 Å². The van der Waals surface area contributed by atoms with E-state index < -0.39 is 21.8 Å². The Morgan fingerprint density at radius 3 is 2.66 bits per heavy atom. The number of piperidine rings is 1. The third kappa shape index (κ3) is 4.76. The number of nitrogens with one attached hydrogen (secondary N) is 1. The van der Waals surface area contributed by atoms with Crippen molar-refractivity contribution in [3.63, 3.8) is 0 Å².